The number of carbonyl (C=O) groups is 2. The molecule has 8 heteroatoms. The molecule has 3 atom stereocenters. The second kappa shape index (κ2) is 8.16. The predicted octanol–water partition coefficient (Wildman–Crippen LogP) is 1.63. The van der Waals surface area contributed by atoms with Gasteiger partial charge in [-0.2, -0.15) is 0 Å². The number of fused-ring (bicyclic) bond motifs is 1. The molecule has 166 valence electrons. The van der Waals surface area contributed by atoms with E-state index in [1.165, 1.54) is 28.0 Å². The molecular weight excluding hydrogens is 394 g/mol. The largest absolute Gasteiger partial charge is 0.373 e. The lowest BCUT2D eigenvalue weighted by Gasteiger charge is -2.34. The fourth-order valence-corrected chi connectivity index (χ4v) is 4.73. The van der Waals surface area contributed by atoms with Gasteiger partial charge >= 0.3 is 11.9 Å². The molecule has 0 aromatic heterocycles. The number of imide groups is 1. The lowest BCUT2D eigenvalue weighted by Crippen LogP contribution is -2.61. The Labute approximate surface area is 183 Å². The molecule has 3 aliphatic heterocycles. The quantitative estimate of drug-likeness (QED) is 0.687. The van der Waals surface area contributed by atoms with Crippen molar-refractivity contribution in [1.29, 1.82) is 0 Å². The molecule has 3 heterocycles. The number of morpholine rings is 1. The zero-order valence-corrected chi connectivity index (χ0v) is 19.3. The number of rotatable bonds is 4. The number of hydrogen-bond donors (Lipinski definition) is 0. The second-order valence-electron chi connectivity index (χ2n) is 9.04. The first-order chi connectivity index (χ1) is 14.7. The lowest BCUT2D eigenvalue weighted by atomic mass is 10.0. The molecule has 0 radical (unpaired) electrons. The fourth-order valence-electron chi connectivity index (χ4n) is 4.73. The maximum Gasteiger partial charge on any atom is 0.333 e. The number of hydrogen-bond acceptors (Lipinski definition) is 5. The highest BCUT2D eigenvalue weighted by molar-refractivity contribution is 6.23. The molecular formula is C23H32N5O3+. The van der Waals surface area contributed by atoms with Crippen LogP contribution in [0.4, 0.5) is 4.79 Å². The van der Waals surface area contributed by atoms with Gasteiger partial charge in [-0.1, -0.05) is 23.8 Å². The smallest absolute Gasteiger partial charge is 0.333 e. The molecule has 1 aromatic carbocycles. The Bertz CT molecular complexity index is 975. The number of ether oxygens (including phenoxy) is 1. The molecule has 0 bridgehead atoms. The van der Waals surface area contributed by atoms with E-state index in [0.29, 0.717) is 18.9 Å². The van der Waals surface area contributed by atoms with Crippen LogP contribution in [0.15, 0.2) is 23.2 Å². The SMILES string of the molecule is Cc1ccc(C)c(C[N+]2=C(CN3CC(C)OC(C)C3)N=C3C2C(=O)N(C)C(=O)N3C)c1. The van der Waals surface area contributed by atoms with Crippen LogP contribution < -0.4 is 0 Å². The topological polar surface area (TPSA) is 68.5 Å². The molecule has 0 spiro atoms. The summed E-state index contributed by atoms with van der Waals surface area (Å²) in [6, 6.07) is 5.44. The number of likely N-dealkylation sites (N-methyl/N-ethyl adjacent to an activating group) is 2. The normalized spacial score (nSPS) is 27.2. The van der Waals surface area contributed by atoms with Crippen molar-refractivity contribution in [2.45, 2.75) is 52.5 Å². The highest BCUT2D eigenvalue weighted by atomic mass is 16.5. The van der Waals surface area contributed by atoms with Gasteiger partial charge in [0, 0.05) is 27.2 Å². The van der Waals surface area contributed by atoms with E-state index < -0.39 is 6.04 Å². The molecule has 0 N–H and O–H groups in total. The monoisotopic (exact) mass is 426 g/mol. The van der Waals surface area contributed by atoms with E-state index in [-0.39, 0.29) is 24.1 Å². The predicted molar refractivity (Wildman–Crippen MR) is 118 cm³/mol. The summed E-state index contributed by atoms with van der Waals surface area (Å²) in [5.41, 5.74) is 3.51. The second-order valence-corrected chi connectivity index (χ2v) is 9.04. The highest BCUT2D eigenvalue weighted by Crippen LogP contribution is 2.23. The summed E-state index contributed by atoms with van der Waals surface area (Å²) in [5.74, 6) is 1.11. The van der Waals surface area contributed by atoms with E-state index >= 15 is 0 Å². The molecule has 3 unspecified atom stereocenters. The first kappa shape index (κ1) is 21.6. The maximum absolute atomic E-state index is 13.2. The Morgan fingerprint density at radius 2 is 1.77 bits per heavy atom. The number of amidine groups is 2. The molecule has 0 saturated carbocycles. The van der Waals surface area contributed by atoms with Crippen LogP contribution in [-0.4, -0.2) is 94.9 Å². The van der Waals surface area contributed by atoms with Crippen LogP contribution in [0, 0.1) is 13.8 Å². The molecule has 2 saturated heterocycles. The van der Waals surface area contributed by atoms with E-state index in [4.69, 9.17) is 9.73 Å². The third-order valence-electron chi connectivity index (χ3n) is 6.32. The van der Waals surface area contributed by atoms with Gasteiger partial charge in [-0.3, -0.25) is 19.5 Å². The number of urea groups is 1. The number of aliphatic imine (C=N–C) groups is 1. The molecule has 3 amide bonds. The third-order valence-corrected chi connectivity index (χ3v) is 6.32. The van der Waals surface area contributed by atoms with E-state index in [1.807, 2.05) is 0 Å². The Morgan fingerprint density at radius 3 is 2.45 bits per heavy atom. The number of aryl methyl sites for hydroxylation is 2. The Kier molecular flexibility index (Phi) is 5.70. The van der Waals surface area contributed by atoms with E-state index in [1.54, 1.807) is 7.05 Å². The van der Waals surface area contributed by atoms with Crippen molar-refractivity contribution in [3.8, 4) is 0 Å². The van der Waals surface area contributed by atoms with Crippen molar-refractivity contribution in [2.75, 3.05) is 33.7 Å². The maximum atomic E-state index is 13.2. The molecule has 0 aliphatic carbocycles. The summed E-state index contributed by atoms with van der Waals surface area (Å²) >= 11 is 0. The van der Waals surface area contributed by atoms with E-state index in [2.05, 4.69) is 55.4 Å². The van der Waals surface area contributed by atoms with Crippen LogP contribution in [-0.2, 0) is 16.1 Å². The van der Waals surface area contributed by atoms with Gasteiger partial charge in [0.05, 0.1) is 12.2 Å². The Hall–Kier alpha value is -2.58. The van der Waals surface area contributed by atoms with Crippen molar-refractivity contribution in [3.63, 3.8) is 0 Å². The average Bonchev–Trinajstić information content (AvgIpc) is 3.05. The van der Waals surface area contributed by atoms with Crippen molar-refractivity contribution in [2.24, 2.45) is 4.99 Å². The number of carbonyl (C=O) groups excluding carboxylic acids is 2. The average molecular weight is 427 g/mol. The van der Waals surface area contributed by atoms with Crippen LogP contribution in [0.3, 0.4) is 0 Å². The minimum Gasteiger partial charge on any atom is -0.373 e. The fraction of sp³-hybridized carbons (Fsp3) is 0.565. The van der Waals surface area contributed by atoms with Crippen molar-refractivity contribution >= 4 is 23.6 Å². The number of nitrogens with zero attached hydrogens (tertiary/aromatic N) is 5. The van der Waals surface area contributed by atoms with Crippen LogP contribution in [0.1, 0.15) is 30.5 Å². The van der Waals surface area contributed by atoms with E-state index in [9.17, 15) is 9.59 Å². The third kappa shape index (κ3) is 4.02. The van der Waals surface area contributed by atoms with Crippen LogP contribution in [0.25, 0.3) is 0 Å². The van der Waals surface area contributed by atoms with Gasteiger partial charge in [-0.15, -0.1) is 0 Å². The van der Waals surface area contributed by atoms with Gasteiger partial charge in [-0.05, 0) is 43.8 Å². The van der Waals surface area contributed by atoms with Gasteiger partial charge < -0.3 is 4.74 Å². The van der Waals surface area contributed by atoms with Gasteiger partial charge in [0.2, 0.25) is 0 Å². The Balaban J connectivity index is 1.73. The highest BCUT2D eigenvalue weighted by Gasteiger charge is 2.53. The van der Waals surface area contributed by atoms with Crippen molar-refractivity contribution < 1.29 is 18.9 Å². The van der Waals surface area contributed by atoms with Gasteiger partial charge in [0.1, 0.15) is 13.1 Å². The summed E-state index contributed by atoms with van der Waals surface area (Å²) in [6.07, 6.45) is 0.287. The van der Waals surface area contributed by atoms with Crippen molar-refractivity contribution in [1.82, 2.24) is 14.7 Å². The van der Waals surface area contributed by atoms with Crippen LogP contribution in [0.5, 0.6) is 0 Å². The molecule has 3 aliphatic rings. The summed E-state index contributed by atoms with van der Waals surface area (Å²) in [4.78, 5) is 35.5. The standard InChI is InChI=1S/C23H32N5O3/c1-14-7-8-15(2)18(9-14)12-28-19(13-27-10-16(3)31-17(4)11-27)24-21-20(28)22(29)26(6)23(30)25(21)5/h7-9,16-17,20H,10-13H2,1-6H3/q+1. The molecule has 1 aromatic rings. The van der Waals surface area contributed by atoms with Crippen LogP contribution in [0.2, 0.25) is 0 Å². The molecule has 2 fully saturated rings. The zero-order chi connectivity index (χ0) is 22.4. The van der Waals surface area contributed by atoms with Crippen molar-refractivity contribution in [3.05, 3.63) is 34.9 Å². The summed E-state index contributed by atoms with van der Waals surface area (Å²) in [6.45, 7) is 11.1. The van der Waals surface area contributed by atoms with Gasteiger partial charge in [0.15, 0.2) is 0 Å². The number of amides is 3. The van der Waals surface area contributed by atoms with E-state index in [0.717, 1.165) is 24.5 Å². The summed E-state index contributed by atoms with van der Waals surface area (Å²) in [7, 11) is 3.23. The molecule has 31 heavy (non-hydrogen) atoms. The molecule has 4 rings (SSSR count). The minimum atomic E-state index is -0.585. The van der Waals surface area contributed by atoms with Gasteiger partial charge in [0.25, 0.3) is 17.8 Å². The lowest BCUT2D eigenvalue weighted by molar-refractivity contribution is -0.552. The Morgan fingerprint density at radius 1 is 1.10 bits per heavy atom. The summed E-state index contributed by atoms with van der Waals surface area (Å²) < 4.78 is 7.95. The van der Waals surface area contributed by atoms with Crippen LogP contribution >= 0.6 is 0 Å². The van der Waals surface area contributed by atoms with Gasteiger partial charge in [-0.25, -0.2) is 9.37 Å². The minimum absolute atomic E-state index is 0.144. The first-order valence-electron chi connectivity index (χ1n) is 10.9. The summed E-state index contributed by atoms with van der Waals surface area (Å²) in [5, 5.41) is 0. The zero-order valence-electron chi connectivity index (χ0n) is 19.3. The molecule has 8 nitrogen and oxygen atoms in total. The first-order valence-corrected chi connectivity index (χ1v) is 10.9. The number of benzene rings is 1.